The predicted molar refractivity (Wildman–Crippen MR) is 115 cm³/mol. The second-order valence-electron chi connectivity index (χ2n) is 9.86. The van der Waals surface area contributed by atoms with Crippen LogP contribution in [0.1, 0.15) is 49.7 Å². The average molecular weight is 388 g/mol. The van der Waals surface area contributed by atoms with Gasteiger partial charge in [0.1, 0.15) is 0 Å². The van der Waals surface area contributed by atoms with E-state index in [0.29, 0.717) is 0 Å². The van der Waals surface area contributed by atoms with E-state index >= 15 is 0 Å². The van der Waals surface area contributed by atoms with Crippen molar-refractivity contribution in [3.63, 3.8) is 0 Å². The number of carbonyl (C=O) groups excluding carboxylic acids is 1. The Balaban J connectivity index is 1.28. The number of aryl methyl sites for hydroxylation is 2. The molecule has 2 amide bonds. The van der Waals surface area contributed by atoms with Crippen molar-refractivity contribution in [1.82, 2.24) is 10.7 Å². The fraction of sp³-hybridized carbons (Fsp3) is 0.480. The number of nitrogens with one attached hydrogen (secondary N) is 2. The fourth-order valence-electron chi connectivity index (χ4n) is 7.03. The molecule has 2 N–H and O–H groups in total. The van der Waals surface area contributed by atoms with Crippen LogP contribution in [-0.4, -0.2) is 11.6 Å². The molecular weight excluding hydrogens is 358 g/mol. The molecule has 1 heterocycles. The Kier molecular flexibility index (Phi) is 3.90. The molecule has 4 nitrogen and oxygen atoms in total. The molecule has 5 aliphatic rings. The maximum Gasteiger partial charge on any atom is 0.334 e. The molecule has 0 unspecified atom stereocenters. The smallest absolute Gasteiger partial charge is 0.331 e. The number of hydrogen-bond donors (Lipinski definition) is 2. The lowest BCUT2D eigenvalue weighted by Gasteiger charge is -2.56. The molecule has 0 atom stereocenters. The maximum absolute atomic E-state index is 13.3. The van der Waals surface area contributed by atoms with Gasteiger partial charge in [0.2, 0.25) is 0 Å². The minimum Gasteiger partial charge on any atom is -0.331 e. The Labute approximate surface area is 172 Å². The van der Waals surface area contributed by atoms with Gasteiger partial charge >= 0.3 is 6.03 Å². The summed E-state index contributed by atoms with van der Waals surface area (Å²) in [6.45, 7) is 0. The van der Waals surface area contributed by atoms with E-state index in [1.165, 1.54) is 49.7 Å². The van der Waals surface area contributed by atoms with Gasteiger partial charge < -0.3 is 5.32 Å². The van der Waals surface area contributed by atoms with Gasteiger partial charge in [0, 0.05) is 5.54 Å². The molecule has 7 rings (SSSR count). The molecular formula is C25H29N3O. The minimum atomic E-state index is -0.0570. The summed E-state index contributed by atoms with van der Waals surface area (Å²) in [5.41, 5.74) is 7.96. The number of urea groups is 1. The maximum atomic E-state index is 13.3. The van der Waals surface area contributed by atoms with Crippen LogP contribution < -0.4 is 15.8 Å². The van der Waals surface area contributed by atoms with Crippen molar-refractivity contribution < 1.29 is 4.79 Å². The van der Waals surface area contributed by atoms with Crippen molar-refractivity contribution in [3.8, 4) is 0 Å². The van der Waals surface area contributed by atoms with Gasteiger partial charge in [-0.1, -0.05) is 36.4 Å². The third kappa shape index (κ3) is 3.00. The van der Waals surface area contributed by atoms with Gasteiger partial charge in [-0.3, -0.25) is 5.01 Å². The molecule has 0 radical (unpaired) electrons. The number of hydrazine groups is 1. The topological polar surface area (TPSA) is 44.4 Å². The molecule has 4 heteroatoms. The normalized spacial score (nSPS) is 31.6. The van der Waals surface area contributed by atoms with Gasteiger partial charge in [-0.05, 0) is 92.4 Å². The molecule has 1 aliphatic heterocycles. The first kappa shape index (κ1) is 17.4. The van der Waals surface area contributed by atoms with Gasteiger partial charge in [-0.2, -0.15) is 0 Å². The lowest BCUT2D eigenvalue weighted by atomic mass is 9.53. The van der Waals surface area contributed by atoms with Crippen LogP contribution in [0.25, 0.3) is 0 Å². The molecule has 150 valence electrons. The predicted octanol–water partition coefficient (Wildman–Crippen LogP) is 5.11. The summed E-state index contributed by atoms with van der Waals surface area (Å²) in [5, 5.41) is 5.47. The van der Waals surface area contributed by atoms with E-state index in [1.54, 1.807) is 0 Å². The van der Waals surface area contributed by atoms with Crippen LogP contribution in [0.5, 0.6) is 0 Å². The molecule has 2 aromatic rings. The second-order valence-corrected chi connectivity index (χ2v) is 9.86. The Morgan fingerprint density at radius 1 is 0.793 bits per heavy atom. The highest BCUT2D eigenvalue weighted by Crippen LogP contribution is 2.55. The zero-order valence-electron chi connectivity index (χ0n) is 16.9. The summed E-state index contributed by atoms with van der Waals surface area (Å²) in [6.07, 6.45) is 9.63. The van der Waals surface area contributed by atoms with E-state index in [2.05, 4.69) is 59.3 Å². The Morgan fingerprint density at radius 3 is 1.79 bits per heavy atom. The molecule has 0 aromatic heterocycles. The van der Waals surface area contributed by atoms with Crippen molar-refractivity contribution in [2.75, 3.05) is 5.01 Å². The Morgan fingerprint density at radius 2 is 1.28 bits per heavy atom. The first-order valence-electron chi connectivity index (χ1n) is 11.2. The first-order valence-corrected chi connectivity index (χ1v) is 11.2. The number of amides is 2. The Hall–Kier alpha value is -2.49. The number of anilines is 2. The molecule has 0 spiro atoms. The summed E-state index contributed by atoms with van der Waals surface area (Å²) in [6, 6.07) is 16.8. The molecule has 4 fully saturated rings. The van der Waals surface area contributed by atoms with E-state index in [4.69, 9.17) is 0 Å². The Bertz CT molecular complexity index is 870. The first-order chi connectivity index (χ1) is 14.2. The van der Waals surface area contributed by atoms with E-state index in [-0.39, 0.29) is 11.6 Å². The molecule has 4 aliphatic carbocycles. The minimum absolute atomic E-state index is 0.0176. The SMILES string of the molecule is O=C(NN1c2ccccc2CCc2ccccc21)NC12CC3CC(CC(C3)C1)C2. The molecule has 0 saturated heterocycles. The van der Waals surface area contributed by atoms with Gasteiger partial charge in [-0.15, -0.1) is 0 Å². The number of nitrogens with zero attached hydrogens (tertiary/aromatic N) is 1. The van der Waals surface area contributed by atoms with Gasteiger partial charge in [0.05, 0.1) is 11.4 Å². The molecule has 2 aromatic carbocycles. The lowest BCUT2D eigenvalue weighted by molar-refractivity contribution is -0.0135. The highest BCUT2D eigenvalue weighted by molar-refractivity contribution is 5.81. The van der Waals surface area contributed by atoms with Crippen LogP contribution in [0, 0.1) is 17.8 Å². The second kappa shape index (κ2) is 6.51. The van der Waals surface area contributed by atoms with Crippen LogP contribution >= 0.6 is 0 Å². The zero-order chi connectivity index (χ0) is 19.4. The van der Waals surface area contributed by atoms with Crippen LogP contribution in [-0.2, 0) is 12.8 Å². The third-order valence-electron chi connectivity index (χ3n) is 7.76. The molecule has 4 bridgehead atoms. The quantitative estimate of drug-likeness (QED) is 0.752. The highest BCUT2D eigenvalue weighted by atomic mass is 16.2. The third-order valence-corrected chi connectivity index (χ3v) is 7.76. The van der Waals surface area contributed by atoms with Crippen LogP contribution in [0.15, 0.2) is 48.5 Å². The van der Waals surface area contributed by atoms with Crippen LogP contribution in [0.4, 0.5) is 16.2 Å². The van der Waals surface area contributed by atoms with Crippen molar-refractivity contribution in [2.45, 2.75) is 56.9 Å². The van der Waals surface area contributed by atoms with Gasteiger partial charge in [0.25, 0.3) is 0 Å². The van der Waals surface area contributed by atoms with Gasteiger partial charge in [0.15, 0.2) is 0 Å². The zero-order valence-corrected chi connectivity index (χ0v) is 16.9. The summed E-state index contributed by atoms with van der Waals surface area (Å²) in [7, 11) is 0. The van der Waals surface area contributed by atoms with Crippen molar-refractivity contribution >= 4 is 17.4 Å². The summed E-state index contributed by atoms with van der Waals surface area (Å²) in [5.74, 6) is 2.46. The van der Waals surface area contributed by atoms with Gasteiger partial charge in [-0.25, -0.2) is 10.2 Å². The fourth-order valence-corrected chi connectivity index (χ4v) is 7.03. The number of benzene rings is 2. The number of para-hydroxylation sites is 2. The standard InChI is InChI=1S/C25H29N3O/c29-24(26-25-14-17-11-18(15-25)13-19(12-17)16-25)27-28-22-7-3-1-5-20(22)9-10-21-6-2-4-8-23(21)28/h1-8,17-19H,9-16H2,(H2,26,27,29). The van der Waals surface area contributed by atoms with E-state index in [1.807, 2.05) is 5.01 Å². The van der Waals surface area contributed by atoms with Crippen LogP contribution in [0.2, 0.25) is 0 Å². The van der Waals surface area contributed by atoms with E-state index < -0.39 is 0 Å². The summed E-state index contributed by atoms with van der Waals surface area (Å²) < 4.78 is 0. The summed E-state index contributed by atoms with van der Waals surface area (Å²) >= 11 is 0. The average Bonchev–Trinajstić information content (AvgIpc) is 2.84. The number of carbonyl (C=O) groups is 1. The van der Waals surface area contributed by atoms with E-state index in [9.17, 15) is 4.79 Å². The number of hydrogen-bond acceptors (Lipinski definition) is 2. The molecule has 29 heavy (non-hydrogen) atoms. The number of fused-ring (bicyclic) bond motifs is 2. The van der Waals surface area contributed by atoms with Crippen molar-refractivity contribution in [3.05, 3.63) is 59.7 Å². The van der Waals surface area contributed by atoms with Crippen molar-refractivity contribution in [2.24, 2.45) is 17.8 Å². The molecule has 4 saturated carbocycles. The number of rotatable bonds is 2. The van der Waals surface area contributed by atoms with E-state index in [0.717, 1.165) is 42.0 Å². The van der Waals surface area contributed by atoms with Crippen molar-refractivity contribution in [1.29, 1.82) is 0 Å². The highest BCUT2D eigenvalue weighted by Gasteiger charge is 2.51. The summed E-state index contributed by atoms with van der Waals surface area (Å²) in [4.78, 5) is 13.3. The van der Waals surface area contributed by atoms with Crippen LogP contribution in [0.3, 0.4) is 0 Å². The lowest BCUT2D eigenvalue weighted by Crippen LogP contribution is -2.62. The monoisotopic (exact) mass is 387 g/mol. The largest absolute Gasteiger partial charge is 0.334 e.